The maximum absolute atomic E-state index is 12.9. The van der Waals surface area contributed by atoms with Crippen LogP contribution < -0.4 is 15.8 Å². The molecule has 2 aromatic heterocycles. The standard InChI is InChI=1S/C22H24ClN5O5/c1-22(2,20(32)33)25-19(31)16-8-14(29)10-27(16)17-9-18(30)28-11-15(24-21(28)26(17)3)12-4-6-13(23)7-5-12/h4-7,9,11,14,16,29H,8,10H2,1-3H3,(H,25,31)(H,32,33)/t14-,16+/m1/s1. The van der Waals surface area contributed by atoms with Crippen molar-refractivity contribution in [2.45, 2.75) is 38.0 Å². The van der Waals surface area contributed by atoms with Crippen LogP contribution in [-0.2, 0) is 16.6 Å². The summed E-state index contributed by atoms with van der Waals surface area (Å²) in [7, 11) is 1.71. The summed E-state index contributed by atoms with van der Waals surface area (Å²) >= 11 is 5.96. The number of carboxylic acids is 1. The van der Waals surface area contributed by atoms with Crippen LogP contribution in [0.2, 0.25) is 5.02 Å². The van der Waals surface area contributed by atoms with Gasteiger partial charge in [-0.3, -0.25) is 14.0 Å². The van der Waals surface area contributed by atoms with Crippen molar-refractivity contribution in [1.82, 2.24) is 19.3 Å². The Hall–Kier alpha value is -3.37. The molecule has 0 saturated carbocycles. The summed E-state index contributed by atoms with van der Waals surface area (Å²) in [5, 5.41) is 22.7. The van der Waals surface area contributed by atoms with E-state index < -0.39 is 29.6 Å². The van der Waals surface area contributed by atoms with Gasteiger partial charge in [0.2, 0.25) is 11.7 Å². The first-order chi connectivity index (χ1) is 15.5. The highest BCUT2D eigenvalue weighted by Gasteiger charge is 2.40. The fraction of sp³-hybridized carbons (Fsp3) is 0.364. The molecule has 1 saturated heterocycles. The number of halogens is 1. The molecule has 1 amide bonds. The number of benzene rings is 1. The highest BCUT2D eigenvalue weighted by atomic mass is 35.5. The van der Waals surface area contributed by atoms with E-state index in [0.717, 1.165) is 5.56 Å². The number of aliphatic hydroxyl groups is 1. The van der Waals surface area contributed by atoms with Crippen LogP contribution in [-0.4, -0.2) is 60.3 Å². The Morgan fingerprint density at radius 2 is 1.91 bits per heavy atom. The highest BCUT2D eigenvalue weighted by Crippen LogP contribution is 2.27. The molecule has 2 atom stereocenters. The molecule has 0 radical (unpaired) electrons. The van der Waals surface area contributed by atoms with Gasteiger partial charge in [0.1, 0.15) is 17.4 Å². The molecule has 0 spiro atoms. The number of carbonyl (C=O) groups is 2. The topological polar surface area (TPSA) is 129 Å². The maximum Gasteiger partial charge on any atom is 0.328 e. The molecule has 0 aliphatic carbocycles. The summed E-state index contributed by atoms with van der Waals surface area (Å²) in [4.78, 5) is 43.5. The van der Waals surface area contributed by atoms with Gasteiger partial charge in [0.15, 0.2) is 0 Å². The number of carboxylic acid groups (broad SMARTS) is 1. The van der Waals surface area contributed by atoms with Crippen LogP contribution in [0.4, 0.5) is 5.82 Å². The number of anilines is 1. The van der Waals surface area contributed by atoms with Crippen molar-refractivity contribution >= 4 is 35.1 Å². The molecule has 0 unspecified atom stereocenters. The van der Waals surface area contributed by atoms with Gasteiger partial charge in [-0.1, -0.05) is 23.7 Å². The summed E-state index contributed by atoms with van der Waals surface area (Å²) in [6, 6.07) is 7.60. The highest BCUT2D eigenvalue weighted by molar-refractivity contribution is 6.30. The van der Waals surface area contributed by atoms with E-state index in [1.807, 2.05) is 0 Å². The normalized spacial score (nSPS) is 18.6. The van der Waals surface area contributed by atoms with E-state index in [1.54, 1.807) is 47.0 Å². The minimum absolute atomic E-state index is 0.103. The third-order valence-corrected chi connectivity index (χ3v) is 6.06. The van der Waals surface area contributed by atoms with Crippen molar-refractivity contribution in [2.24, 2.45) is 7.05 Å². The largest absolute Gasteiger partial charge is 0.480 e. The Morgan fingerprint density at radius 3 is 2.55 bits per heavy atom. The fourth-order valence-corrected chi connectivity index (χ4v) is 4.07. The van der Waals surface area contributed by atoms with Crippen LogP contribution in [0.15, 0.2) is 41.3 Å². The van der Waals surface area contributed by atoms with E-state index in [9.17, 15) is 24.6 Å². The van der Waals surface area contributed by atoms with E-state index in [1.165, 1.54) is 24.3 Å². The van der Waals surface area contributed by atoms with Gasteiger partial charge in [-0.25, -0.2) is 9.78 Å². The zero-order valence-electron chi connectivity index (χ0n) is 18.3. The Balaban J connectivity index is 1.74. The molecule has 1 aromatic carbocycles. The molecule has 1 aliphatic heterocycles. The molecule has 174 valence electrons. The summed E-state index contributed by atoms with van der Waals surface area (Å²) in [6.45, 7) is 2.88. The van der Waals surface area contributed by atoms with Gasteiger partial charge < -0.3 is 25.0 Å². The molecule has 1 aliphatic rings. The Labute approximate surface area is 194 Å². The van der Waals surface area contributed by atoms with Gasteiger partial charge >= 0.3 is 5.97 Å². The molecule has 3 heterocycles. The smallest absolute Gasteiger partial charge is 0.328 e. The van der Waals surface area contributed by atoms with E-state index in [4.69, 9.17) is 11.6 Å². The van der Waals surface area contributed by atoms with Crippen molar-refractivity contribution < 1.29 is 19.8 Å². The molecular formula is C22H24ClN5O5. The van der Waals surface area contributed by atoms with Crippen LogP contribution >= 0.6 is 11.6 Å². The molecule has 3 N–H and O–H groups in total. The van der Waals surface area contributed by atoms with E-state index in [2.05, 4.69) is 10.3 Å². The lowest BCUT2D eigenvalue weighted by Crippen LogP contribution is -2.55. The predicted octanol–water partition coefficient (Wildman–Crippen LogP) is 1.27. The van der Waals surface area contributed by atoms with Crippen molar-refractivity contribution in [3.05, 3.63) is 51.9 Å². The minimum Gasteiger partial charge on any atom is -0.480 e. The maximum atomic E-state index is 12.9. The first-order valence-electron chi connectivity index (χ1n) is 10.3. The third kappa shape index (κ3) is 4.19. The van der Waals surface area contributed by atoms with Crippen LogP contribution in [0.25, 0.3) is 17.0 Å². The lowest BCUT2D eigenvalue weighted by Gasteiger charge is -2.30. The number of nitrogens with one attached hydrogen (secondary N) is 1. The molecule has 33 heavy (non-hydrogen) atoms. The van der Waals surface area contributed by atoms with Gasteiger partial charge in [-0.05, 0) is 26.0 Å². The van der Waals surface area contributed by atoms with Crippen LogP contribution in [0.3, 0.4) is 0 Å². The zero-order chi connectivity index (χ0) is 24.1. The number of aliphatic hydroxyl groups excluding tert-OH is 1. The van der Waals surface area contributed by atoms with E-state index in [0.29, 0.717) is 22.3 Å². The number of hydrogen-bond donors (Lipinski definition) is 3. The first kappa shape index (κ1) is 22.8. The predicted molar refractivity (Wildman–Crippen MR) is 122 cm³/mol. The second-order valence-corrected chi connectivity index (χ2v) is 9.12. The zero-order valence-corrected chi connectivity index (χ0v) is 19.1. The van der Waals surface area contributed by atoms with Crippen molar-refractivity contribution in [3.63, 3.8) is 0 Å². The molecule has 0 bridgehead atoms. The molecule has 4 rings (SSSR count). The summed E-state index contributed by atoms with van der Waals surface area (Å²) in [5.74, 6) is -0.974. The summed E-state index contributed by atoms with van der Waals surface area (Å²) in [6.07, 6.45) is 0.915. The second kappa shape index (κ2) is 8.20. The minimum atomic E-state index is -1.48. The lowest BCUT2D eigenvalue weighted by atomic mass is 10.0. The molecule has 3 aromatic rings. The number of aliphatic carboxylic acids is 1. The number of amides is 1. The van der Waals surface area contributed by atoms with Crippen molar-refractivity contribution in [2.75, 3.05) is 11.4 Å². The molecule has 1 fully saturated rings. The van der Waals surface area contributed by atoms with Crippen LogP contribution in [0, 0.1) is 0 Å². The molecular weight excluding hydrogens is 450 g/mol. The number of aromatic nitrogens is 3. The number of carbonyl (C=O) groups excluding carboxylic acids is 1. The van der Waals surface area contributed by atoms with Crippen molar-refractivity contribution in [1.29, 1.82) is 0 Å². The number of rotatable bonds is 5. The third-order valence-electron chi connectivity index (χ3n) is 5.81. The van der Waals surface area contributed by atoms with Gasteiger partial charge in [0.05, 0.1) is 11.8 Å². The van der Waals surface area contributed by atoms with E-state index >= 15 is 0 Å². The van der Waals surface area contributed by atoms with Crippen molar-refractivity contribution in [3.8, 4) is 11.3 Å². The second-order valence-electron chi connectivity index (χ2n) is 8.68. The van der Waals surface area contributed by atoms with Gasteiger partial charge in [0.25, 0.3) is 5.56 Å². The Bertz CT molecular complexity index is 1300. The monoisotopic (exact) mass is 473 g/mol. The van der Waals surface area contributed by atoms with E-state index in [-0.39, 0.29) is 18.5 Å². The lowest BCUT2D eigenvalue weighted by molar-refractivity contribution is -0.146. The summed E-state index contributed by atoms with van der Waals surface area (Å²) in [5.41, 5.74) is -0.468. The molecule has 11 heteroatoms. The average molecular weight is 474 g/mol. The average Bonchev–Trinajstić information content (AvgIpc) is 3.35. The Kier molecular flexibility index (Phi) is 5.67. The summed E-state index contributed by atoms with van der Waals surface area (Å²) < 4.78 is 3.07. The number of fused-ring (bicyclic) bond motifs is 1. The van der Waals surface area contributed by atoms with Gasteiger partial charge in [-0.2, -0.15) is 0 Å². The number of nitrogens with zero attached hydrogens (tertiary/aromatic N) is 4. The van der Waals surface area contributed by atoms with Crippen LogP contribution in [0.1, 0.15) is 20.3 Å². The SMILES string of the molecule is Cn1c(N2C[C@H](O)C[C@H]2C(=O)NC(C)(C)C(=O)O)cc(=O)n2cc(-c3ccc(Cl)cc3)nc12. The first-order valence-corrected chi connectivity index (χ1v) is 10.7. The quantitative estimate of drug-likeness (QED) is 0.509. The molecule has 10 nitrogen and oxygen atoms in total. The number of β-amino-alcohol motifs (C(OH)–C–C–N with tert-alkyl or cyclic N) is 1. The fourth-order valence-electron chi connectivity index (χ4n) is 3.94. The number of hydrogen-bond acceptors (Lipinski definition) is 6. The van der Waals surface area contributed by atoms with Gasteiger partial charge in [-0.15, -0.1) is 0 Å². The van der Waals surface area contributed by atoms with Gasteiger partial charge in [0, 0.05) is 42.9 Å². The number of aryl methyl sites for hydroxylation is 1. The number of imidazole rings is 1. The Morgan fingerprint density at radius 1 is 1.24 bits per heavy atom. The van der Waals surface area contributed by atoms with Crippen LogP contribution in [0.5, 0.6) is 0 Å².